The van der Waals surface area contributed by atoms with E-state index in [0.717, 1.165) is 25.8 Å². The van der Waals surface area contributed by atoms with E-state index in [-0.39, 0.29) is 17.9 Å². The van der Waals surface area contributed by atoms with Gasteiger partial charge in [0.05, 0.1) is 0 Å². The van der Waals surface area contributed by atoms with Gasteiger partial charge < -0.3 is 10.2 Å². The van der Waals surface area contributed by atoms with E-state index in [0.29, 0.717) is 10.6 Å². The lowest BCUT2D eigenvalue weighted by Gasteiger charge is -2.35. The van der Waals surface area contributed by atoms with Crippen LogP contribution in [0.2, 0.25) is 5.02 Å². The van der Waals surface area contributed by atoms with Crippen LogP contribution in [0.3, 0.4) is 0 Å². The molecule has 0 saturated carbocycles. The van der Waals surface area contributed by atoms with Crippen LogP contribution in [0.25, 0.3) is 0 Å². The molecule has 1 aliphatic rings. The Morgan fingerprint density at radius 3 is 2.57 bits per heavy atom. The summed E-state index contributed by atoms with van der Waals surface area (Å²) in [6, 6.07) is 6.36. The first-order valence-electron chi connectivity index (χ1n) is 7.36. The van der Waals surface area contributed by atoms with Crippen LogP contribution in [0.15, 0.2) is 24.3 Å². The molecule has 1 heterocycles. The third-order valence-corrected chi connectivity index (χ3v) is 4.16. The highest BCUT2D eigenvalue weighted by Crippen LogP contribution is 2.17. The zero-order valence-electron chi connectivity index (χ0n) is 12.4. The molecule has 2 amide bonds. The number of piperidine rings is 1. The Bertz CT molecular complexity index is 516. The van der Waals surface area contributed by atoms with Crippen LogP contribution < -0.4 is 5.32 Å². The lowest BCUT2D eigenvalue weighted by atomic mass is 10.0. The second kappa shape index (κ2) is 6.94. The molecule has 2 rings (SSSR count). The fourth-order valence-electron chi connectivity index (χ4n) is 2.62. The lowest BCUT2D eigenvalue weighted by molar-refractivity contribution is -0.136. The van der Waals surface area contributed by atoms with E-state index in [9.17, 15) is 9.59 Å². The predicted octanol–water partition coefficient (Wildman–Crippen LogP) is 2.86. The van der Waals surface area contributed by atoms with Crippen LogP contribution in [0.1, 0.15) is 43.5 Å². The molecule has 114 valence electrons. The number of rotatable bonds is 3. The molecule has 1 aromatic carbocycles. The molecule has 0 aliphatic carbocycles. The number of nitrogens with one attached hydrogen (secondary N) is 1. The second-order valence-corrected chi connectivity index (χ2v) is 6.01. The van der Waals surface area contributed by atoms with Gasteiger partial charge in [0.25, 0.3) is 5.91 Å². The maximum atomic E-state index is 12.4. The van der Waals surface area contributed by atoms with Crippen molar-refractivity contribution in [2.75, 3.05) is 6.54 Å². The molecule has 1 aliphatic heterocycles. The highest BCUT2D eigenvalue weighted by molar-refractivity contribution is 6.30. The van der Waals surface area contributed by atoms with Crippen molar-refractivity contribution >= 4 is 23.4 Å². The molecule has 0 spiro atoms. The Kier molecular flexibility index (Phi) is 5.23. The summed E-state index contributed by atoms with van der Waals surface area (Å²) < 4.78 is 0. The summed E-state index contributed by atoms with van der Waals surface area (Å²) in [5, 5.41) is 3.34. The predicted molar refractivity (Wildman–Crippen MR) is 83.4 cm³/mol. The largest absolute Gasteiger partial charge is 0.341 e. The molecule has 1 aromatic rings. The Hall–Kier alpha value is -1.55. The van der Waals surface area contributed by atoms with Gasteiger partial charge in [0.15, 0.2) is 0 Å². The standard InChI is InChI=1S/C16H21ClN2O2/c1-11-5-3-4-10-19(11)16(21)12(2)18-15(20)13-6-8-14(17)9-7-13/h6-9,11-12H,3-5,10H2,1-2H3,(H,18,20). The number of carbonyl (C=O) groups is 2. The lowest BCUT2D eigenvalue weighted by Crippen LogP contribution is -2.51. The van der Waals surface area contributed by atoms with Gasteiger partial charge >= 0.3 is 0 Å². The van der Waals surface area contributed by atoms with Gasteiger partial charge in [0.1, 0.15) is 6.04 Å². The molecule has 1 fully saturated rings. The molecule has 5 heteroatoms. The number of halogens is 1. The molecule has 0 radical (unpaired) electrons. The quantitative estimate of drug-likeness (QED) is 0.933. The number of carbonyl (C=O) groups excluding carboxylic acids is 2. The van der Waals surface area contributed by atoms with Crippen LogP contribution in [0.4, 0.5) is 0 Å². The van der Waals surface area contributed by atoms with Gasteiger partial charge in [-0.3, -0.25) is 9.59 Å². The minimum absolute atomic E-state index is 0.00971. The van der Waals surface area contributed by atoms with E-state index >= 15 is 0 Å². The van der Waals surface area contributed by atoms with E-state index in [4.69, 9.17) is 11.6 Å². The van der Waals surface area contributed by atoms with Gasteiger partial charge in [-0.15, -0.1) is 0 Å². The normalized spacial score (nSPS) is 20.0. The first kappa shape index (κ1) is 15.8. The Morgan fingerprint density at radius 2 is 1.95 bits per heavy atom. The second-order valence-electron chi connectivity index (χ2n) is 5.58. The van der Waals surface area contributed by atoms with Crippen LogP contribution in [0.5, 0.6) is 0 Å². The minimum atomic E-state index is -0.520. The SMILES string of the molecule is CC(NC(=O)c1ccc(Cl)cc1)C(=O)N1CCCCC1C. The van der Waals surface area contributed by atoms with Crippen molar-refractivity contribution in [1.29, 1.82) is 0 Å². The fourth-order valence-corrected chi connectivity index (χ4v) is 2.74. The van der Waals surface area contributed by atoms with E-state index < -0.39 is 6.04 Å². The average molecular weight is 309 g/mol. The maximum Gasteiger partial charge on any atom is 0.251 e. The summed E-state index contributed by atoms with van der Waals surface area (Å²) in [7, 11) is 0. The van der Waals surface area contributed by atoms with Gasteiger partial charge in [-0.05, 0) is 57.4 Å². The summed E-state index contributed by atoms with van der Waals surface area (Å²) in [4.78, 5) is 26.4. The van der Waals surface area contributed by atoms with Crippen molar-refractivity contribution in [2.24, 2.45) is 0 Å². The van der Waals surface area contributed by atoms with E-state index in [1.165, 1.54) is 0 Å². The maximum absolute atomic E-state index is 12.4. The van der Waals surface area contributed by atoms with E-state index in [1.54, 1.807) is 31.2 Å². The Morgan fingerprint density at radius 1 is 1.29 bits per heavy atom. The van der Waals surface area contributed by atoms with Crippen molar-refractivity contribution in [1.82, 2.24) is 10.2 Å². The van der Waals surface area contributed by atoms with Gasteiger partial charge in [-0.25, -0.2) is 0 Å². The summed E-state index contributed by atoms with van der Waals surface area (Å²) >= 11 is 5.80. The Balaban J connectivity index is 1.96. The van der Waals surface area contributed by atoms with Gasteiger partial charge in [0.2, 0.25) is 5.91 Å². The van der Waals surface area contributed by atoms with Crippen molar-refractivity contribution in [3.05, 3.63) is 34.9 Å². The van der Waals surface area contributed by atoms with E-state index in [2.05, 4.69) is 12.2 Å². The molecular formula is C16H21ClN2O2. The molecule has 21 heavy (non-hydrogen) atoms. The number of amides is 2. The highest BCUT2D eigenvalue weighted by Gasteiger charge is 2.27. The summed E-state index contributed by atoms with van der Waals surface area (Å²) in [6.07, 6.45) is 3.23. The number of hydrogen-bond acceptors (Lipinski definition) is 2. The third kappa shape index (κ3) is 3.97. The molecule has 4 nitrogen and oxygen atoms in total. The fraction of sp³-hybridized carbons (Fsp3) is 0.500. The van der Waals surface area contributed by atoms with Crippen molar-refractivity contribution in [2.45, 2.75) is 45.2 Å². The Labute approximate surface area is 130 Å². The first-order chi connectivity index (χ1) is 9.99. The number of hydrogen-bond donors (Lipinski definition) is 1. The molecular weight excluding hydrogens is 288 g/mol. The van der Waals surface area contributed by atoms with Crippen molar-refractivity contribution in [3.8, 4) is 0 Å². The van der Waals surface area contributed by atoms with E-state index in [1.807, 2.05) is 4.90 Å². The summed E-state index contributed by atoms with van der Waals surface area (Å²) in [5.74, 6) is -0.262. The molecule has 2 atom stereocenters. The monoisotopic (exact) mass is 308 g/mol. The topological polar surface area (TPSA) is 49.4 Å². The van der Waals surface area contributed by atoms with Crippen molar-refractivity contribution in [3.63, 3.8) is 0 Å². The van der Waals surface area contributed by atoms with Gasteiger partial charge in [0, 0.05) is 23.2 Å². The molecule has 1 N–H and O–H groups in total. The van der Waals surface area contributed by atoms with Crippen LogP contribution in [-0.4, -0.2) is 35.3 Å². The van der Waals surface area contributed by atoms with Gasteiger partial charge in [-0.1, -0.05) is 11.6 Å². The smallest absolute Gasteiger partial charge is 0.251 e. The number of likely N-dealkylation sites (tertiary alicyclic amines) is 1. The van der Waals surface area contributed by atoms with Crippen LogP contribution >= 0.6 is 11.6 Å². The first-order valence-corrected chi connectivity index (χ1v) is 7.73. The minimum Gasteiger partial charge on any atom is -0.341 e. The highest BCUT2D eigenvalue weighted by atomic mass is 35.5. The summed E-state index contributed by atoms with van der Waals surface area (Å²) in [6.45, 7) is 4.57. The molecule has 2 unspecified atom stereocenters. The summed E-state index contributed by atoms with van der Waals surface area (Å²) in [5.41, 5.74) is 0.505. The zero-order chi connectivity index (χ0) is 15.4. The third-order valence-electron chi connectivity index (χ3n) is 3.91. The van der Waals surface area contributed by atoms with Crippen molar-refractivity contribution < 1.29 is 9.59 Å². The number of nitrogens with zero attached hydrogens (tertiary/aromatic N) is 1. The zero-order valence-corrected chi connectivity index (χ0v) is 13.2. The van der Waals surface area contributed by atoms with Crippen LogP contribution in [0, 0.1) is 0 Å². The molecule has 0 aromatic heterocycles. The number of benzene rings is 1. The van der Waals surface area contributed by atoms with Gasteiger partial charge in [-0.2, -0.15) is 0 Å². The average Bonchev–Trinajstić information content (AvgIpc) is 2.47. The molecule has 1 saturated heterocycles. The van der Waals surface area contributed by atoms with Crippen LogP contribution in [-0.2, 0) is 4.79 Å². The molecule has 0 bridgehead atoms.